The van der Waals surface area contributed by atoms with E-state index in [1.165, 1.54) is 4.88 Å². The Kier molecular flexibility index (Phi) is 4.49. The molecule has 0 unspecified atom stereocenters. The summed E-state index contributed by atoms with van der Waals surface area (Å²) in [4.78, 5) is 7.68. The van der Waals surface area contributed by atoms with Gasteiger partial charge in [0.2, 0.25) is 0 Å². The second kappa shape index (κ2) is 5.91. The molecule has 0 aliphatic heterocycles. The molecule has 0 spiro atoms. The molecule has 1 aromatic carbocycles. The van der Waals surface area contributed by atoms with Crippen molar-refractivity contribution >= 4 is 40.2 Å². The van der Waals surface area contributed by atoms with Crippen LogP contribution in [0, 0.1) is 6.92 Å². The fraction of sp³-hybridized carbons (Fsp3) is 0.308. The molecule has 0 atom stereocenters. The van der Waals surface area contributed by atoms with E-state index < -0.39 is 0 Å². The molecule has 2 rings (SSSR count). The van der Waals surface area contributed by atoms with Gasteiger partial charge in [0.1, 0.15) is 0 Å². The lowest BCUT2D eigenvalue weighted by Gasteiger charge is -2.21. The molecule has 0 saturated heterocycles. The fourth-order valence-corrected chi connectivity index (χ4v) is 3.01. The minimum Gasteiger partial charge on any atom is -0.369 e. The molecule has 1 aromatic heterocycles. The minimum atomic E-state index is 0.485. The maximum Gasteiger partial charge on any atom is 0.0798 e. The predicted octanol–water partition coefficient (Wildman–Crippen LogP) is 4.48. The number of alkyl halides is 1. The van der Waals surface area contributed by atoms with Gasteiger partial charge in [0, 0.05) is 28.5 Å². The summed E-state index contributed by atoms with van der Waals surface area (Å²) in [6.45, 7) is 2.85. The first-order valence-electron chi connectivity index (χ1n) is 5.56. The van der Waals surface area contributed by atoms with Gasteiger partial charge in [-0.25, -0.2) is 4.98 Å². The summed E-state index contributed by atoms with van der Waals surface area (Å²) in [6, 6.07) is 5.80. The lowest BCUT2D eigenvalue weighted by atomic mass is 10.2. The second-order valence-electron chi connectivity index (χ2n) is 4.12. The van der Waals surface area contributed by atoms with Crippen LogP contribution in [0.4, 0.5) is 5.69 Å². The van der Waals surface area contributed by atoms with Gasteiger partial charge in [0.25, 0.3) is 0 Å². The maximum atomic E-state index is 6.05. The Balaban J connectivity index is 2.25. The molecular weight excluding hydrogens is 287 g/mol. The average molecular weight is 301 g/mol. The van der Waals surface area contributed by atoms with E-state index in [1.54, 1.807) is 11.3 Å². The number of halogens is 2. The number of aromatic nitrogens is 1. The highest BCUT2D eigenvalue weighted by atomic mass is 35.5. The third kappa shape index (κ3) is 2.97. The summed E-state index contributed by atoms with van der Waals surface area (Å²) < 4.78 is 0. The Hall–Kier alpha value is -0.770. The van der Waals surface area contributed by atoms with Gasteiger partial charge in [-0.1, -0.05) is 17.7 Å². The Labute approximate surface area is 121 Å². The first kappa shape index (κ1) is 13.7. The summed E-state index contributed by atoms with van der Waals surface area (Å²) in [7, 11) is 2.04. The molecule has 5 heteroatoms. The number of benzene rings is 1. The van der Waals surface area contributed by atoms with Gasteiger partial charge in [-0.3, -0.25) is 0 Å². The molecule has 0 radical (unpaired) electrons. The van der Waals surface area contributed by atoms with Crippen molar-refractivity contribution in [1.29, 1.82) is 0 Å². The van der Waals surface area contributed by atoms with Gasteiger partial charge in [-0.05, 0) is 24.6 Å². The molecule has 2 nitrogen and oxygen atoms in total. The first-order chi connectivity index (χ1) is 8.61. The Morgan fingerprint density at radius 3 is 2.78 bits per heavy atom. The molecule has 96 valence electrons. The van der Waals surface area contributed by atoms with Crippen molar-refractivity contribution in [2.75, 3.05) is 11.9 Å². The van der Waals surface area contributed by atoms with Crippen molar-refractivity contribution in [1.82, 2.24) is 4.98 Å². The van der Waals surface area contributed by atoms with E-state index in [2.05, 4.69) is 9.88 Å². The standard InChI is InChI=1S/C13H14Cl2N2S/c1-9-13(18-8-16-9)7-17(2)12-5-11(15)4-3-10(12)6-14/h3-5,8H,6-7H2,1-2H3. The fourth-order valence-electron chi connectivity index (χ4n) is 1.78. The van der Waals surface area contributed by atoms with E-state index in [1.807, 2.05) is 37.7 Å². The van der Waals surface area contributed by atoms with Crippen LogP contribution in [-0.2, 0) is 12.4 Å². The van der Waals surface area contributed by atoms with Crippen LogP contribution < -0.4 is 4.90 Å². The average Bonchev–Trinajstić information content (AvgIpc) is 2.75. The van der Waals surface area contributed by atoms with Crippen LogP contribution >= 0.6 is 34.5 Å². The summed E-state index contributed by atoms with van der Waals surface area (Å²) in [6.07, 6.45) is 0. The number of hydrogen-bond acceptors (Lipinski definition) is 3. The van der Waals surface area contributed by atoms with E-state index in [0.717, 1.165) is 28.5 Å². The van der Waals surface area contributed by atoms with E-state index in [-0.39, 0.29) is 0 Å². The molecule has 0 aliphatic rings. The van der Waals surface area contributed by atoms with Crippen molar-refractivity contribution in [2.24, 2.45) is 0 Å². The van der Waals surface area contributed by atoms with Crippen molar-refractivity contribution in [3.05, 3.63) is 44.9 Å². The van der Waals surface area contributed by atoms with Gasteiger partial charge in [-0.2, -0.15) is 0 Å². The number of anilines is 1. The molecule has 0 bridgehead atoms. The third-order valence-electron chi connectivity index (χ3n) is 2.83. The molecule has 0 amide bonds. The monoisotopic (exact) mass is 300 g/mol. The minimum absolute atomic E-state index is 0.485. The van der Waals surface area contributed by atoms with Gasteiger partial charge in [-0.15, -0.1) is 22.9 Å². The lowest BCUT2D eigenvalue weighted by molar-refractivity contribution is 0.919. The highest BCUT2D eigenvalue weighted by Gasteiger charge is 2.10. The SMILES string of the molecule is Cc1ncsc1CN(C)c1cc(Cl)ccc1CCl. The highest BCUT2D eigenvalue weighted by molar-refractivity contribution is 7.09. The molecule has 2 aromatic rings. The Bertz CT molecular complexity index is 540. The summed E-state index contributed by atoms with van der Waals surface area (Å²) in [5.41, 5.74) is 5.12. The van der Waals surface area contributed by atoms with Crippen molar-refractivity contribution < 1.29 is 0 Å². The van der Waals surface area contributed by atoms with E-state index in [4.69, 9.17) is 23.2 Å². The zero-order chi connectivity index (χ0) is 13.1. The zero-order valence-corrected chi connectivity index (χ0v) is 12.6. The largest absolute Gasteiger partial charge is 0.369 e. The summed E-state index contributed by atoms with van der Waals surface area (Å²) >= 11 is 13.7. The summed E-state index contributed by atoms with van der Waals surface area (Å²) in [5.74, 6) is 0.485. The Morgan fingerprint density at radius 2 is 2.17 bits per heavy atom. The third-order valence-corrected chi connectivity index (χ3v) is 4.27. The smallest absolute Gasteiger partial charge is 0.0798 e. The number of aryl methyl sites for hydroxylation is 1. The molecular formula is C13H14Cl2N2S. The quantitative estimate of drug-likeness (QED) is 0.774. The van der Waals surface area contributed by atoms with E-state index in [9.17, 15) is 0 Å². The van der Waals surface area contributed by atoms with E-state index in [0.29, 0.717) is 5.88 Å². The molecule has 0 aliphatic carbocycles. The molecule has 0 saturated carbocycles. The van der Waals surface area contributed by atoms with Gasteiger partial charge in [0.15, 0.2) is 0 Å². The summed E-state index contributed by atoms with van der Waals surface area (Å²) in [5, 5.41) is 0.728. The Morgan fingerprint density at radius 1 is 1.39 bits per heavy atom. The predicted molar refractivity (Wildman–Crippen MR) is 80.0 cm³/mol. The molecule has 0 fully saturated rings. The number of nitrogens with zero attached hydrogens (tertiary/aromatic N) is 2. The zero-order valence-electron chi connectivity index (χ0n) is 10.3. The van der Waals surface area contributed by atoms with Gasteiger partial charge in [0.05, 0.1) is 17.7 Å². The van der Waals surface area contributed by atoms with Crippen LogP contribution in [0.15, 0.2) is 23.7 Å². The van der Waals surface area contributed by atoms with Crippen molar-refractivity contribution in [2.45, 2.75) is 19.3 Å². The van der Waals surface area contributed by atoms with Crippen LogP contribution in [0.5, 0.6) is 0 Å². The molecule has 18 heavy (non-hydrogen) atoms. The second-order valence-corrected chi connectivity index (χ2v) is 5.77. The van der Waals surface area contributed by atoms with Crippen molar-refractivity contribution in [3.8, 4) is 0 Å². The van der Waals surface area contributed by atoms with E-state index >= 15 is 0 Å². The van der Waals surface area contributed by atoms with Crippen LogP contribution in [0.1, 0.15) is 16.1 Å². The number of thiazole rings is 1. The molecule has 0 N–H and O–H groups in total. The maximum absolute atomic E-state index is 6.05. The number of rotatable bonds is 4. The van der Waals surface area contributed by atoms with Crippen molar-refractivity contribution in [3.63, 3.8) is 0 Å². The van der Waals surface area contributed by atoms with Crippen LogP contribution in [0.3, 0.4) is 0 Å². The van der Waals surface area contributed by atoms with Gasteiger partial charge >= 0.3 is 0 Å². The highest BCUT2D eigenvalue weighted by Crippen LogP contribution is 2.27. The van der Waals surface area contributed by atoms with Crippen LogP contribution in [0.25, 0.3) is 0 Å². The van der Waals surface area contributed by atoms with Gasteiger partial charge < -0.3 is 4.90 Å². The lowest BCUT2D eigenvalue weighted by Crippen LogP contribution is -2.17. The first-order valence-corrected chi connectivity index (χ1v) is 7.35. The normalized spacial score (nSPS) is 10.7. The van der Waals surface area contributed by atoms with Crippen LogP contribution in [-0.4, -0.2) is 12.0 Å². The topological polar surface area (TPSA) is 16.1 Å². The number of hydrogen-bond donors (Lipinski definition) is 0. The molecule has 1 heterocycles. The van der Waals surface area contributed by atoms with Crippen LogP contribution in [0.2, 0.25) is 5.02 Å².